The van der Waals surface area contributed by atoms with Crippen LogP contribution in [0.2, 0.25) is 0 Å². The zero-order valence-corrected chi connectivity index (χ0v) is 12.0. The zero-order chi connectivity index (χ0) is 13.0. The van der Waals surface area contributed by atoms with E-state index in [0.717, 1.165) is 18.4 Å². The first-order valence-electron chi connectivity index (χ1n) is 7.24. The summed E-state index contributed by atoms with van der Waals surface area (Å²) in [4.78, 5) is 0. The molecule has 0 spiro atoms. The summed E-state index contributed by atoms with van der Waals surface area (Å²) in [5.74, 6) is 1.70. The van der Waals surface area contributed by atoms with Gasteiger partial charge in [-0.1, -0.05) is 18.2 Å². The smallest absolute Gasteiger partial charge is 0.0490 e. The van der Waals surface area contributed by atoms with Crippen LogP contribution in [0.25, 0.3) is 0 Å². The number of rotatable bonds is 4. The average molecular weight is 246 g/mol. The summed E-state index contributed by atoms with van der Waals surface area (Å²) in [6.07, 6.45) is 6.72. The Morgan fingerprint density at radius 1 is 1.00 bits per heavy atom. The van der Waals surface area contributed by atoms with Gasteiger partial charge in [-0.3, -0.25) is 0 Å². The third-order valence-electron chi connectivity index (χ3n) is 4.46. The number of hydrogen-bond acceptors (Lipinski definition) is 1. The Morgan fingerprint density at radius 2 is 1.67 bits per heavy atom. The van der Waals surface area contributed by atoms with Crippen LogP contribution in [0.5, 0.6) is 0 Å². The maximum Gasteiger partial charge on any atom is 0.0490 e. The largest absolute Gasteiger partial charge is 0.384 e. The monoisotopic (exact) mass is 246 g/mol. The van der Waals surface area contributed by atoms with Gasteiger partial charge in [-0.15, -0.1) is 0 Å². The molecule has 0 amide bonds. The van der Waals surface area contributed by atoms with E-state index < -0.39 is 0 Å². The lowest BCUT2D eigenvalue weighted by atomic mass is 9.79. The molecule has 0 bridgehead atoms. The summed E-state index contributed by atoms with van der Waals surface area (Å²) < 4.78 is 5.26. The third-order valence-corrected chi connectivity index (χ3v) is 4.46. The first-order valence-corrected chi connectivity index (χ1v) is 7.24. The van der Waals surface area contributed by atoms with Crippen LogP contribution >= 0.6 is 0 Å². The fourth-order valence-electron chi connectivity index (χ4n) is 3.10. The van der Waals surface area contributed by atoms with Crippen molar-refractivity contribution >= 4 is 0 Å². The SMILES string of the molecule is COCC1CCC(Cc2ccc(C)c(C)c2)CC1. The summed E-state index contributed by atoms with van der Waals surface area (Å²) in [5, 5.41) is 0. The van der Waals surface area contributed by atoms with E-state index in [4.69, 9.17) is 4.74 Å². The second kappa shape index (κ2) is 6.38. The first-order chi connectivity index (χ1) is 8.69. The molecule has 0 atom stereocenters. The van der Waals surface area contributed by atoms with E-state index in [9.17, 15) is 0 Å². The number of aryl methyl sites for hydroxylation is 2. The predicted molar refractivity (Wildman–Crippen MR) is 76.9 cm³/mol. The van der Waals surface area contributed by atoms with Crippen molar-refractivity contribution < 1.29 is 4.74 Å². The van der Waals surface area contributed by atoms with Gasteiger partial charge in [0, 0.05) is 13.7 Å². The molecule has 1 saturated carbocycles. The minimum Gasteiger partial charge on any atom is -0.384 e. The van der Waals surface area contributed by atoms with Crippen molar-refractivity contribution in [2.75, 3.05) is 13.7 Å². The minimum atomic E-state index is 0.811. The van der Waals surface area contributed by atoms with Crippen LogP contribution in [0.3, 0.4) is 0 Å². The third kappa shape index (κ3) is 3.58. The maximum atomic E-state index is 5.26. The normalized spacial score (nSPS) is 24.2. The molecule has 0 heterocycles. The van der Waals surface area contributed by atoms with E-state index in [0.29, 0.717) is 0 Å². The Bertz CT molecular complexity index is 375. The Balaban J connectivity index is 1.85. The van der Waals surface area contributed by atoms with Gasteiger partial charge in [0.15, 0.2) is 0 Å². The molecule has 0 radical (unpaired) electrons. The van der Waals surface area contributed by atoms with E-state index in [2.05, 4.69) is 32.0 Å². The molecule has 100 valence electrons. The Kier molecular flexibility index (Phi) is 4.82. The van der Waals surface area contributed by atoms with Gasteiger partial charge in [0.1, 0.15) is 0 Å². The van der Waals surface area contributed by atoms with E-state index in [1.807, 2.05) is 7.11 Å². The molecule has 0 saturated heterocycles. The molecule has 1 aliphatic carbocycles. The van der Waals surface area contributed by atoms with Crippen LogP contribution in [0.1, 0.15) is 42.4 Å². The lowest BCUT2D eigenvalue weighted by molar-refractivity contribution is 0.119. The first kappa shape index (κ1) is 13.6. The van der Waals surface area contributed by atoms with Gasteiger partial charge >= 0.3 is 0 Å². The van der Waals surface area contributed by atoms with Gasteiger partial charge in [0.05, 0.1) is 0 Å². The van der Waals surface area contributed by atoms with Crippen LogP contribution in [0, 0.1) is 25.7 Å². The Labute approximate surface area is 112 Å². The van der Waals surface area contributed by atoms with Gasteiger partial charge in [0.2, 0.25) is 0 Å². The average Bonchev–Trinajstić information content (AvgIpc) is 2.37. The molecule has 1 fully saturated rings. The molecule has 0 aliphatic heterocycles. The zero-order valence-electron chi connectivity index (χ0n) is 12.0. The molecule has 0 aromatic heterocycles. The number of benzene rings is 1. The summed E-state index contributed by atoms with van der Waals surface area (Å²) in [6, 6.07) is 6.95. The highest BCUT2D eigenvalue weighted by Crippen LogP contribution is 2.31. The standard InChI is InChI=1S/C17H26O/c1-13-4-5-17(10-14(13)2)11-15-6-8-16(9-7-15)12-18-3/h4-5,10,15-16H,6-9,11-12H2,1-3H3. The molecule has 1 aromatic carbocycles. The van der Waals surface area contributed by atoms with E-state index in [-0.39, 0.29) is 0 Å². The predicted octanol–water partition coefficient (Wildman–Crippen LogP) is 4.30. The summed E-state index contributed by atoms with van der Waals surface area (Å²) in [6.45, 7) is 5.36. The van der Waals surface area contributed by atoms with Crippen molar-refractivity contribution in [2.45, 2.75) is 46.0 Å². The van der Waals surface area contributed by atoms with Gasteiger partial charge < -0.3 is 4.74 Å². The van der Waals surface area contributed by atoms with E-state index in [1.54, 1.807) is 0 Å². The molecule has 0 N–H and O–H groups in total. The molecule has 1 aliphatic rings. The van der Waals surface area contributed by atoms with Crippen LogP contribution in [-0.2, 0) is 11.2 Å². The Hall–Kier alpha value is -0.820. The van der Waals surface area contributed by atoms with Gasteiger partial charge in [-0.25, -0.2) is 0 Å². The van der Waals surface area contributed by atoms with E-state index >= 15 is 0 Å². The number of ether oxygens (including phenoxy) is 1. The lowest BCUT2D eigenvalue weighted by Gasteiger charge is -2.28. The molecular formula is C17H26O. The lowest BCUT2D eigenvalue weighted by Crippen LogP contribution is -2.19. The van der Waals surface area contributed by atoms with Crippen molar-refractivity contribution in [3.63, 3.8) is 0 Å². The fraction of sp³-hybridized carbons (Fsp3) is 0.647. The molecule has 1 heteroatoms. The van der Waals surface area contributed by atoms with Crippen molar-refractivity contribution in [2.24, 2.45) is 11.8 Å². The second-order valence-corrected chi connectivity index (χ2v) is 5.96. The number of methoxy groups -OCH3 is 1. The second-order valence-electron chi connectivity index (χ2n) is 5.96. The maximum absolute atomic E-state index is 5.26. The highest BCUT2D eigenvalue weighted by Gasteiger charge is 2.21. The Morgan fingerprint density at radius 3 is 2.28 bits per heavy atom. The van der Waals surface area contributed by atoms with Gasteiger partial charge in [-0.2, -0.15) is 0 Å². The highest BCUT2D eigenvalue weighted by atomic mass is 16.5. The van der Waals surface area contributed by atoms with Crippen molar-refractivity contribution in [3.8, 4) is 0 Å². The topological polar surface area (TPSA) is 9.23 Å². The highest BCUT2D eigenvalue weighted by molar-refractivity contribution is 5.30. The quantitative estimate of drug-likeness (QED) is 0.769. The molecule has 1 nitrogen and oxygen atoms in total. The summed E-state index contributed by atoms with van der Waals surface area (Å²) in [7, 11) is 1.82. The molecular weight excluding hydrogens is 220 g/mol. The minimum absolute atomic E-state index is 0.811. The summed E-state index contributed by atoms with van der Waals surface area (Å²) >= 11 is 0. The van der Waals surface area contributed by atoms with Gasteiger partial charge in [0.25, 0.3) is 0 Å². The van der Waals surface area contributed by atoms with E-state index in [1.165, 1.54) is 48.8 Å². The molecule has 1 aromatic rings. The molecule has 2 rings (SSSR count). The summed E-state index contributed by atoms with van der Waals surface area (Å²) in [5.41, 5.74) is 4.36. The van der Waals surface area contributed by atoms with Crippen LogP contribution in [0.15, 0.2) is 18.2 Å². The van der Waals surface area contributed by atoms with Crippen LogP contribution in [-0.4, -0.2) is 13.7 Å². The van der Waals surface area contributed by atoms with Crippen molar-refractivity contribution in [3.05, 3.63) is 34.9 Å². The van der Waals surface area contributed by atoms with Crippen LogP contribution in [0.4, 0.5) is 0 Å². The van der Waals surface area contributed by atoms with Crippen molar-refractivity contribution in [1.29, 1.82) is 0 Å². The number of hydrogen-bond donors (Lipinski definition) is 0. The fourth-order valence-corrected chi connectivity index (χ4v) is 3.10. The van der Waals surface area contributed by atoms with Crippen LogP contribution < -0.4 is 0 Å². The molecule has 18 heavy (non-hydrogen) atoms. The van der Waals surface area contributed by atoms with Gasteiger partial charge in [-0.05, 0) is 74.5 Å². The molecule has 0 unspecified atom stereocenters. The van der Waals surface area contributed by atoms with Crippen molar-refractivity contribution in [1.82, 2.24) is 0 Å².